The second kappa shape index (κ2) is 8.16. The number of hydrogen-bond donors (Lipinski definition) is 2. The highest BCUT2D eigenvalue weighted by Crippen LogP contribution is 2.13. The van der Waals surface area contributed by atoms with Crippen LogP contribution >= 0.6 is 11.5 Å². The van der Waals surface area contributed by atoms with Crippen molar-refractivity contribution in [3.8, 4) is 0 Å². The summed E-state index contributed by atoms with van der Waals surface area (Å²) in [5.41, 5.74) is 6.47. The van der Waals surface area contributed by atoms with Crippen LogP contribution in [0.2, 0.25) is 0 Å². The van der Waals surface area contributed by atoms with Crippen molar-refractivity contribution >= 4 is 17.4 Å². The second-order valence-electron chi connectivity index (χ2n) is 4.35. The second-order valence-corrected chi connectivity index (χ2v) is 5.10. The standard InChI is InChI=1S/C12H22N4OS/c1-3-5-7-9(8-13)14-12(17)11-10(6-4-2)15-16-18-11/h9H,3-8,13H2,1-2H3,(H,14,17). The first-order valence-corrected chi connectivity index (χ1v) is 7.32. The fourth-order valence-electron chi connectivity index (χ4n) is 1.73. The van der Waals surface area contributed by atoms with Gasteiger partial charge in [-0.15, -0.1) is 5.10 Å². The molecule has 6 heteroatoms. The van der Waals surface area contributed by atoms with E-state index in [9.17, 15) is 4.79 Å². The Hall–Kier alpha value is -1.01. The monoisotopic (exact) mass is 270 g/mol. The molecule has 1 aromatic heterocycles. The molecule has 3 N–H and O–H groups in total. The smallest absolute Gasteiger partial charge is 0.265 e. The lowest BCUT2D eigenvalue weighted by molar-refractivity contribution is 0.0938. The lowest BCUT2D eigenvalue weighted by Gasteiger charge is -2.15. The van der Waals surface area contributed by atoms with Crippen molar-refractivity contribution in [1.29, 1.82) is 0 Å². The number of rotatable bonds is 8. The summed E-state index contributed by atoms with van der Waals surface area (Å²) >= 11 is 1.16. The maximum Gasteiger partial charge on any atom is 0.265 e. The molecule has 0 saturated heterocycles. The minimum absolute atomic E-state index is 0.0500. The van der Waals surface area contributed by atoms with Gasteiger partial charge in [-0.05, 0) is 24.4 Å². The van der Waals surface area contributed by atoms with Crippen LogP contribution in [0.1, 0.15) is 54.9 Å². The average Bonchev–Trinajstić information content (AvgIpc) is 2.83. The number of aryl methyl sites for hydroxylation is 1. The van der Waals surface area contributed by atoms with Gasteiger partial charge in [-0.25, -0.2) is 0 Å². The summed E-state index contributed by atoms with van der Waals surface area (Å²) < 4.78 is 3.86. The number of nitrogens with two attached hydrogens (primary N) is 1. The molecule has 1 unspecified atom stereocenters. The van der Waals surface area contributed by atoms with E-state index in [1.165, 1.54) is 0 Å². The Morgan fingerprint density at radius 3 is 2.83 bits per heavy atom. The number of nitrogens with zero attached hydrogens (tertiary/aromatic N) is 2. The van der Waals surface area contributed by atoms with E-state index >= 15 is 0 Å². The van der Waals surface area contributed by atoms with Crippen molar-refractivity contribution in [2.24, 2.45) is 5.73 Å². The number of carbonyl (C=O) groups is 1. The van der Waals surface area contributed by atoms with Crippen LogP contribution in [0.3, 0.4) is 0 Å². The summed E-state index contributed by atoms with van der Waals surface area (Å²) in [5.74, 6) is -0.0833. The molecule has 0 bridgehead atoms. The summed E-state index contributed by atoms with van der Waals surface area (Å²) in [4.78, 5) is 12.7. The lowest BCUT2D eigenvalue weighted by atomic mass is 10.1. The Morgan fingerprint density at radius 1 is 1.44 bits per heavy atom. The molecule has 1 atom stereocenters. The SMILES string of the molecule is CCCCC(CN)NC(=O)c1snnc1CCC. The molecule has 1 aromatic rings. The maximum absolute atomic E-state index is 12.1. The Labute approximate surface area is 112 Å². The number of unbranched alkanes of at least 4 members (excludes halogenated alkanes) is 1. The highest BCUT2D eigenvalue weighted by Gasteiger charge is 2.18. The van der Waals surface area contributed by atoms with Gasteiger partial charge in [0.1, 0.15) is 4.88 Å². The normalized spacial score (nSPS) is 12.4. The van der Waals surface area contributed by atoms with E-state index in [4.69, 9.17) is 5.73 Å². The van der Waals surface area contributed by atoms with Gasteiger partial charge >= 0.3 is 0 Å². The topological polar surface area (TPSA) is 80.9 Å². The zero-order valence-corrected chi connectivity index (χ0v) is 11.9. The molecular weight excluding hydrogens is 248 g/mol. The lowest BCUT2D eigenvalue weighted by Crippen LogP contribution is -2.40. The summed E-state index contributed by atoms with van der Waals surface area (Å²) in [7, 11) is 0. The van der Waals surface area contributed by atoms with Crippen LogP contribution in [-0.4, -0.2) is 28.1 Å². The number of carbonyl (C=O) groups excluding carboxylic acids is 1. The molecule has 5 nitrogen and oxygen atoms in total. The molecule has 0 aliphatic carbocycles. The van der Waals surface area contributed by atoms with Gasteiger partial charge in [-0.3, -0.25) is 4.79 Å². The summed E-state index contributed by atoms with van der Waals surface area (Å²) in [6, 6.07) is 0.0500. The minimum atomic E-state index is -0.0833. The van der Waals surface area contributed by atoms with Crippen molar-refractivity contribution in [1.82, 2.24) is 14.9 Å². The van der Waals surface area contributed by atoms with Gasteiger partial charge in [0.25, 0.3) is 5.91 Å². The van der Waals surface area contributed by atoms with Crippen molar-refractivity contribution in [2.75, 3.05) is 6.54 Å². The molecule has 1 heterocycles. The molecule has 0 spiro atoms. The van der Waals surface area contributed by atoms with Crippen molar-refractivity contribution in [3.05, 3.63) is 10.6 Å². The van der Waals surface area contributed by atoms with Crippen LogP contribution in [0, 0.1) is 0 Å². The Balaban J connectivity index is 2.59. The van der Waals surface area contributed by atoms with Crippen LogP contribution in [-0.2, 0) is 6.42 Å². The first-order chi connectivity index (χ1) is 8.72. The maximum atomic E-state index is 12.1. The molecule has 0 saturated carbocycles. The minimum Gasteiger partial charge on any atom is -0.347 e. The van der Waals surface area contributed by atoms with Crippen LogP contribution in [0.15, 0.2) is 0 Å². The number of nitrogens with one attached hydrogen (secondary N) is 1. The van der Waals surface area contributed by atoms with Gasteiger partial charge < -0.3 is 11.1 Å². The summed E-state index contributed by atoms with van der Waals surface area (Å²) in [6.45, 7) is 4.66. The van der Waals surface area contributed by atoms with Crippen LogP contribution in [0.5, 0.6) is 0 Å². The van der Waals surface area contributed by atoms with E-state index in [0.717, 1.165) is 49.3 Å². The molecular formula is C12H22N4OS. The predicted molar refractivity (Wildman–Crippen MR) is 73.7 cm³/mol. The third kappa shape index (κ3) is 4.34. The predicted octanol–water partition coefficient (Wildman–Crippen LogP) is 1.74. The molecule has 1 rings (SSSR count). The van der Waals surface area contributed by atoms with Gasteiger partial charge in [0, 0.05) is 12.6 Å². The molecule has 0 radical (unpaired) electrons. The van der Waals surface area contributed by atoms with E-state index in [-0.39, 0.29) is 11.9 Å². The van der Waals surface area contributed by atoms with Crippen molar-refractivity contribution in [3.63, 3.8) is 0 Å². The average molecular weight is 270 g/mol. The molecule has 18 heavy (non-hydrogen) atoms. The van der Waals surface area contributed by atoms with Gasteiger partial charge in [0.15, 0.2) is 0 Å². The third-order valence-corrected chi connectivity index (χ3v) is 3.54. The highest BCUT2D eigenvalue weighted by molar-refractivity contribution is 7.08. The first-order valence-electron chi connectivity index (χ1n) is 6.55. The zero-order chi connectivity index (χ0) is 13.4. The van der Waals surface area contributed by atoms with Crippen molar-refractivity contribution in [2.45, 2.75) is 52.0 Å². The van der Waals surface area contributed by atoms with Gasteiger partial charge in [0.05, 0.1) is 5.69 Å². The number of amides is 1. The van der Waals surface area contributed by atoms with Crippen LogP contribution in [0.25, 0.3) is 0 Å². The molecule has 0 aromatic carbocycles. The molecule has 102 valence electrons. The van der Waals surface area contributed by atoms with Gasteiger partial charge in [0.2, 0.25) is 0 Å². The molecule has 0 aliphatic rings. The van der Waals surface area contributed by atoms with Crippen molar-refractivity contribution < 1.29 is 4.79 Å². The number of aromatic nitrogens is 2. The Morgan fingerprint density at radius 2 is 2.22 bits per heavy atom. The largest absolute Gasteiger partial charge is 0.347 e. The van der Waals surface area contributed by atoms with E-state index in [1.54, 1.807) is 0 Å². The molecule has 1 amide bonds. The number of hydrogen-bond acceptors (Lipinski definition) is 5. The van der Waals surface area contributed by atoms with E-state index in [0.29, 0.717) is 11.4 Å². The van der Waals surface area contributed by atoms with Gasteiger partial charge in [-0.2, -0.15) is 0 Å². The fourth-order valence-corrected chi connectivity index (χ4v) is 2.34. The Kier molecular flexibility index (Phi) is 6.82. The quantitative estimate of drug-likeness (QED) is 0.754. The zero-order valence-electron chi connectivity index (χ0n) is 11.1. The van der Waals surface area contributed by atoms with Crippen LogP contribution < -0.4 is 11.1 Å². The summed E-state index contributed by atoms with van der Waals surface area (Å²) in [5, 5.41) is 6.97. The van der Waals surface area contributed by atoms with E-state index < -0.39 is 0 Å². The van der Waals surface area contributed by atoms with E-state index in [1.807, 2.05) is 0 Å². The van der Waals surface area contributed by atoms with E-state index in [2.05, 4.69) is 28.8 Å². The Bertz CT molecular complexity index is 367. The highest BCUT2D eigenvalue weighted by atomic mass is 32.1. The molecule has 0 aliphatic heterocycles. The molecule has 0 fully saturated rings. The summed E-state index contributed by atoms with van der Waals surface area (Å²) in [6.07, 6.45) is 4.86. The first kappa shape index (κ1) is 15.0. The fraction of sp³-hybridized carbons (Fsp3) is 0.750. The van der Waals surface area contributed by atoms with Gasteiger partial charge in [-0.1, -0.05) is 37.6 Å². The van der Waals surface area contributed by atoms with Crippen LogP contribution in [0.4, 0.5) is 0 Å². The third-order valence-electron chi connectivity index (χ3n) is 2.77.